The molecule has 38 heavy (non-hydrogen) atoms. The molecule has 0 spiro atoms. The van der Waals surface area contributed by atoms with Crippen LogP contribution in [-0.4, -0.2) is 66.6 Å². The van der Waals surface area contributed by atoms with E-state index < -0.39 is 0 Å². The van der Waals surface area contributed by atoms with E-state index in [4.69, 9.17) is 4.74 Å². The van der Waals surface area contributed by atoms with E-state index in [9.17, 15) is 9.59 Å². The summed E-state index contributed by atoms with van der Waals surface area (Å²) in [4.78, 5) is 29.6. The first-order chi connectivity index (χ1) is 18.5. The molecule has 0 bridgehead atoms. The molecule has 1 saturated heterocycles. The number of aromatic nitrogens is 2. The molecule has 2 heterocycles. The number of amides is 1. The normalized spacial score (nSPS) is 13.7. The highest BCUT2D eigenvalue weighted by Gasteiger charge is 2.16. The smallest absolute Gasteiger partial charge is 0.262 e. The van der Waals surface area contributed by atoms with E-state index in [0.717, 1.165) is 43.3 Å². The Bertz CT molecular complexity index is 1380. The average molecular weight is 508 g/mol. The van der Waals surface area contributed by atoms with Gasteiger partial charge in [0, 0.05) is 48.6 Å². The number of carbonyl (C=O) groups is 2. The van der Waals surface area contributed by atoms with Crippen molar-refractivity contribution in [2.75, 3.05) is 50.1 Å². The predicted molar refractivity (Wildman–Crippen MR) is 148 cm³/mol. The number of benzene rings is 3. The number of ketones is 1. The first-order valence-corrected chi connectivity index (χ1v) is 12.6. The zero-order valence-corrected chi connectivity index (χ0v) is 21.2. The van der Waals surface area contributed by atoms with E-state index in [1.807, 2.05) is 54.6 Å². The second-order valence-electron chi connectivity index (χ2n) is 9.20. The van der Waals surface area contributed by atoms with E-state index in [0.29, 0.717) is 22.6 Å². The molecule has 8 heteroatoms. The van der Waals surface area contributed by atoms with Crippen LogP contribution in [-0.2, 0) is 4.79 Å². The third-order valence-corrected chi connectivity index (χ3v) is 6.44. The van der Waals surface area contributed by atoms with Gasteiger partial charge in [-0.15, -0.1) is 10.2 Å². The van der Waals surface area contributed by atoms with Gasteiger partial charge in [-0.3, -0.25) is 9.59 Å². The largest absolute Gasteiger partial charge is 0.484 e. The number of nitrogens with zero attached hydrogens (tertiary/aromatic N) is 4. The summed E-state index contributed by atoms with van der Waals surface area (Å²) >= 11 is 0. The van der Waals surface area contributed by atoms with Gasteiger partial charge in [0.05, 0.1) is 5.69 Å². The van der Waals surface area contributed by atoms with E-state index in [1.165, 1.54) is 0 Å². The SMILES string of the molecule is CN1CCN(c2ccc(-c3cccc(NC(=O)COc4ccc(C(=O)c5ccccc5)cc4)c3)nn2)CC1. The van der Waals surface area contributed by atoms with Gasteiger partial charge in [0.25, 0.3) is 5.91 Å². The first-order valence-electron chi connectivity index (χ1n) is 12.6. The number of piperazine rings is 1. The highest BCUT2D eigenvalue weighted by Crippen LogP contribution is 2.22. The molecule has 3 aromatic carbocycles. The third-order valence-electron chi connectivity index (χ3n) is 6.44. The van der Waals surface area contributed by atoms with Crippen LogP contribution in [0.3, 0.4) is 0 Å². The Kier molecular flexibility index (Phi) is 7.70. The fourth-order valence-corrected chi connectivity index (χ4v) is 4.24. The van der Waals surface area contributed by atoms with Crippen molar-refractivity contribution in [1.82, 2.24) is 15.1 Å². The molecule has 8 nitrogen and oxygen atoms in total. The average Bonchev–Trinajstić information content (AvgIpc) is 2.97. The van der Waals surface area contributed by atoms with Crippen molar-refractivity contribution < 1.29 is 14.3 Å². The lowest BCUT2D eigenvalue weighted by molar-refractivity contribution is -0.118. The van der Waals surface area contributed by atoms with Gasteiger partial charge >= 0.3 is 0 Å². The van der Waals surface area contributed by atoms with E-state index in [1.54, 1.807) is 36.4 Å². The quantitative estimate of drug-likeness (QED) is 0.359. The molecular formula is C30H29N5O3. The van der Waals surface area contributed by atoms with Crippen LogP contribution >= 0.6 is 0 Å². The van der Waals surface area contributed by atoms with E-state index in [2.05, 4.69) is 32.4 Å². The number of ether oxygens (including phenoxy) is 1. The molecule has 1 aliphatic heterocycles. The third kappa shape index (κ3) is 6.22. The minimum absolute atomic E-state index is 0.0616. The van der Waals surface area contributed by atoms with Crippen LogP contribution in [0.2, 0.25) is 0 Å². The number of hydrogen-bond acceptors (Lipinski definition) is 7. The van der Waals surface area contributed by atoms with Crippen molar-refractivity contribution in [3.63, 3.8) is 0 Å². The van der Waals surface area contributed by atoms with Gasteiger partial charge in [0.15, 0.2) is 18.2 Å². The van der Waals surface area contributed by atoms with Gasteiger partial charge in [-0.2, -0.15) is 0 Å². The van der Waals surface area contributed by atoms with Gasteiger partial charge < -0.3 is 19.9 Å². The number of likely N-dealkylation sites (N-methyl/N-ethyl adjacent to an activating group) is 1. The predicted octanol–water partition coefficient (Wildman–Crippen LogP) is 4.14. The monoisotopic (exact) mass is 507 g/mol. The molecule has 0 radical (unpaired) electrons. The minimum atomic E-state index is -0.289. The Balaban J connectivity index is 1.15. The Morgan fingerprint density at radius 3 is 2.26 bits per heavy atom. The highest BCUT2D eigenvalue weighted by atomic mass is 16.5. The van der Waals surface area contributed by atoms with Crippen LogP contribution in [0, 0.1) is 0 Å². The van der Waals surface area contributed by atoms with Crippen molar-refractivity contribution in [3.8, 4) is 17.0 Å². The van der Waals surface area contributed by atoms with Crippen molar-refractivity contribution in [2.24, 2.45) is 0 Å². The lowest BCUT2D eigenvalue weighted by atomic mass is 10.0. The van der Waals surface area contributed by atoms with E-state index >= 15 is 0 Å². The molecule has 0 aliphatic carbocycles. The Hall–Kier alpha value is -4.56. The lowest BCUT2D eigenvalue weighted by Gasteiger charge is -2.32. The highest BCUT2D eigenvalue weighted by molar-refractivity contribution is 6.09. The molecule has 1 fully saturated rings. The zero-order chi connectivity index (χ0) is 26.3. The van der Waals surface area contributed by atoms with Gasteiger partial charge in [0.1, 0.15) is 5.75 Å². The van der Waals surface area contributed by atoms with Crippen molar-refractivity contribution in [2.45, 2.75) is 0 Å². The standard InChI is InChI=1S/C30H29N5O3/c1-34-16-18-35(19-17-34)28-15-14-27(32-33-28)24-8-5-9-25(20-24)31-29(36)21-38-26-12-10-23(11-13-26)30(37)22-6-3-2-4-7-22/h2-15,20H,16-19,21H2,1H3,(H,31,36). The second kappa shape index (κ2) is 11.7. The van der Waals surface area contributed by atoms with Crippen LogP contribution < -0.4 is 15.0 Å². The number of hydrogen-bond donors (Lipinski definition) is 1. The lowest BCUT2D eigenvalue weighted by Crippen LogP contribution is -2.44. The maximum Gasteiger partial charge on any atom is 0.262 e. The molecule has 5 rings (SSSR count). The maximum absolute atomic E-state index is 12.5. The molecule has 1 aliphatic rings. The molecule has 1 N–H and O–H groups in total. The number of nitrogens with one attached hydrogen (secondary N) is 1. The molecule has 0 unspecified atom stereocenters. The Morgan fingerprint density at radius 1 is 0.816 bits per heavy atom. The molecule has 4 aromatic rings. The topological polar surface area (TPSA) is 87.7 Å². The molecular weight excluding hydrogens is 478 g/mol. The van der Waals surface area contributed by atoms with Gasteiger partial charge in [0.2, 0.25) is 0 Å². The minimum Gasteiger partial charge on any atom is -0.484 e. The number of carbonyl (C=O) groups excluding carboxylic acids is 2. The molecule has 0 saturated carbocycles. The summed E-state index contributed by atoms with van der Waals surface area (Å²) in [6, 6.07) is 27.3. The van der Waals surface area contributed by atoms with Crippen molar-refractivity contribution in [3.05, 3.63) is 102 Å². The van der Waals surface area contributed by atoms with Crippen LogP contribution in [0.15, 0.2) is 91.0 Å². The van der Waals surface area contributed by atoms with Crippen LogP contribution in [0.1, 0.15) is 15.9 Å². The number of anilines is 2. The molecule has 1 amide bonds. The summed E-state index contributed by atoms with van der Waals surface area (Å²) < 4.78 is 5.62. The second-order valence-corrected chi connectivity index (χ2v) is 9.20. The number of rotatable bonds is 8. The van der Waals surface area contributed by atoms with Crippen LogP contribution in [0.5, 0.6) is 5.75 Å². The summed E-state index contributed by atoms with van der Waals surface area (Å²) in [5, 5.41) is 11.7. The summed E-state index contributed by atoms with van der Waals surface area (Å²) in [6.45, 7) is 3.73. The summed E-state index contributed by atoms with van der Waals surface area (Å²) in [5.41, 5.74) is 3.43. The zero-order valence-electron chi connectivity index (χ0n) is 21.2. The summed E-state index contributed by atoms with van der Waals surface area (Å²) in [6.07, 6.45) is 0. The first kappa shape index (κ1) is 25.1. The fourth-order valence-electron chi connectivity index (χ4n) is 4.24. The Morgan fingerprint density at radius 2 is 1.55 bits per heavy atom. The summed E-state index contributed by atoms with van der Waals surface area (Å²) in [5.74, 6) is 1.03. The molecule has 1 aromatic heterocycles. The molecule has 192 valence electrons. The van der Waals surface area contributed by atoms with E-state index in [-0.39, 0.29) is 18.3 Å². The van der Waals surface area contributed by atoms with Crippen molar-refractivity contribution >= 4 is 23.2 Å². The van der Waals surface area contributed by atoms with Crippen LogP contribution in [0.4, 0.5) is 11.5 Å². The molecule has 0 atom stereocenters. The Labute approximate surface area is 221 Å². The maximum atomic E-state index is 12.5. The fraction of sp³-hybridized carbons (Fsp3) is 0.200. The van der Waals surface area contributed by atoms with Gasteiger partial charge in [-0.1, -0.05) is 42.5 Å². The summed E-state index contributed by atoms with van der Waals surface area (Å²) in [7, 11) is 2.12. The van der Waals surface area contributed by atoms with Gasteiger partial charge in [-0.25, -0.2) is 0 Å². The van der Waals surface area contributed by atoms with Crippen LogP contribution in [0.25, 0.3) is 11.3 Å². The van der Waals surface area contributed by atoms with Crippen molar-refractivity contribution in [1.29, 1.82) is 0 Å². The van der Waals surface area contributed by atoms with Gasteiger partial charge in [-0.05, 0) is 55.6 Å².